The predicted octanol–water partition coefficient (Wildman–Crippen LogP) is 2.69. The minimum absolute atomic E-state index is 0. The summed E-state index contributed by atoms with van der Waals surface area (Å²) in [4.78, 5) is 6.63. The molecule has 3 heterocycles. The van der Waals surface area contributed by atoms with Crippen molar-refractivity contribution in [3.8, 4) is 23.0 Å². The van der Waals surface area contributed by atoms with E-state index in [2.05, 4.69) is 56.8 Å². The Kier molecular flexibility index (Phi) is 5.70. The Hall–Kier alpha value is -2.22. The van der Waals surface area contributed by atoms with Crippen LogP contribution in [0.4, 0.5) is 0 Å². The fraction of sp³-hybridized carbons (Fsp3) is 0.389. The number of nitrogens with one attached hydrogen (secondary N) is 2. The highest BCUT2D eigenvalue weighted by Crippen LogP contribution is 2.26. The number of nitrogens with zero attached hydrogens (tertiary/aromatic N) is 4. The van der Waals surface area contributed by atoms with Crippen molar-refractivity contribution in [3.63, 3.8) is 0 Å². The number of rotatable bonds is 5. The van der Waals surface area contributed by atoms with Crippen LogP contribution in [0.3, 0.4) is 0 Å². The topological polar surface area (TPSA) is 82.9 Å². The second kappa shape index (κ2) is 7.99. The average Bonchev–Trinajstić information content (AvgIpc) is 3.34. The van der Waals surface area contributed by atoms with Gasteiger partial charge in [0.25, 0.3) is 5.89 Å². The van der Waals surface area contributed by atoms with E-state index < -0.39 is 0 Å². The molecule has 1 saturated heterocycles. The van der Waals surface area contributed by atoms with E-state index in [1.165, 1.54) is 5.56 Å². The van der Waals surface area contributed by atoms with E-state index in [0.717, 1.165) is 37.3 Å². The summed E-state index contributed by atoms with van der Waals surface area (Å²) in [6.45, 7) is 2.94. The van der Waals surface area contributed by atoms with Crippen LogP contribution in [0, 0.1) is 0 Å². The van der Waals surface area contributed by atoms with Crippen molar-refractivity contribution in [1.29, 1.82) is 0 Å². The lowest BCUT2D eigenvalue weighted by atomic mass is 10.1. The number of H-pyrrole nitrogens is 1. The molecule has 1 aliphatic heterocycles. The first-order chi connectivity index (χ1) is 12.2. The van der Waals surface area contributed by atoms with Crippen molar-refractivity contribution in [1.82, 2.24) is 30.6 Å². The molecule has 0 bridgehead atoms. The van der Waals surface area contributed by atoms with Gasteiger partial charge in [-0.1, -0.05) is 29.4 Å². The summed E-state index contributed by atoms with van der Waals surface area (Å²) in [6.07, 6.45) is 1.12. The largest absolute Gasteiger partial charge is 0.332 e. The fourth-order valence-electron chi connectivity index (χ4n) is 3.14. The van der Waals surface area contributed by atoms with Gasteiger partial charge in [-0.15, -0.1) is 12.4 Å². The van der Waals surface area contributed by atoms with Crippen LogP contribution in [0.2, 0.25) is 0 Å². The van der Waals surface area contributed by atoms with Crippen molar-refractivity contribution in [3.05, 3.63) is 41.6 Å². The summed E-state index contributed by atoms with van der Waals surface area (Å²) in [5.41, 5.74) is 4.01. The highest BCUT2D eigenvalue weighted by atomic mass is 35.5. The zero-order chi connectivity index (χ0) is 17.2. The summed E-state index contributed by atoms with van der Waals surface area (Å²) in [7, 11) is 4.11. The third-order valence-corrected chi connectivity index (χ3v) is 4.45. The number of hydrogen-bond donors (Lipinski definition) is 2. The van der Waals surface area contributed by atoms with Crippen molar-refractivity contribution in [2.45, 2.75) is 18.9 Å². The fourth-order valence-corrected chi connectivity index (χ4v) is 3.14. The van der Waals surface area contributed by atoms with E-state index in [0.29, 0.717) is 23.3 Å². The van der Waals surface area contributed by atoms with Gasteiger partial charge in [0.15, 0.2) is 5.69 Å². The van der Waals surface area contributed by atoms with Gasteiger partial charge < -0.3 is 14.7 Å². The van der Waals surface area contributed by atoms with E-state index in [4.69, 9.17) is 4.52 Å². The van der Waals surface area contributed by atoms with Crippen molar-refractivity contribution >= 4 is 12.4 Å². The molecule has 4 rings (SSSR count). The summed E-state index contributed by atoms with van der Waals surface area (Å²) in [5, 5.41) is 14.9. The molecule has 0 spiro atoms. The number of benzene rings is 1. The number of halogens is 1. The van der Waals surface area contributed by atoms with Gasteiger partial charge in [-0.05, 0) is 38.7 Å². The van der Waals surface area contributed by atoms with E-state index in [1.54, 1.807) is 0 Å². The molecule has 1 unspecified atom stereocenters. The van der Waals surface area contributed by atoms with Crippen molar-refractivity contribution in [2.24, 2.45) is 0 Å². The first kappa shape index (κ1) is 18.6. The van der Waals surface area contributed by atoms with Gasteiger partial charge in [0.05, 0.1) is 0 Å². The monoisotopic (exact) mass is 374 g/mol. The van der Waals surface area contributed by atoms with Crippen LogP contribution in [-0.2, 0) is 6.54 Å². The molecule has 1 aliphatic rings. The van der Waals surface area contributed by atoms with Crippen LogP contribution in [0.1, 0.15) is 23.6 Å². The lowest BCUT2D eigenvalue weighted by Crippen LogP contribution is -2.10. The molecule has 0 radical (unpaired) electrons. The Bertz CT molecular complexity index is 836. The van der Waals surface area contributed by atoms with Crippen LogP contribution in [0.25, 0.3) is 23.0 Å². The van der Waals surface area contributed by atoms with Gasteiger partial charge in [-0.3, -0.25) is 5.10 Å². The summed E-state index contributed by atoms with van der Waals surface area (Å²) >= 11 is 0. The second-order valence-corrected chi connectivity index (χ2v) is 6.76. The van der Waals surface area contributed by atoms with Crippen molar-refractivity contribution < 1.29 is 4.52 Å². The Morgan fingerprint density at radius 2 is 2.04 bits per heavy atom. The van der Waals surface area contributed by atoms with Crippen LogP contribution in [-0.4, -0.2) is 52.4 Å². The molecule has 2 aromatic heterocycles. The van der Waals surface area contributed by atoms with E-state index in [-0.39, 0.29) is 12.4 Å². The summed E-state index contributed by atoms with van der Waals surface area (Å²) in [5.74, 6) is 1.51. The van der Waals surface area contributed by atoms with Gasteiger partial charge in [0.1, 0.15) is 0 Å². The maximum Gasteiger partial charge on any atom is 0.278 e. The first-order valence-electron chi connectivity index (χ1n) is 8.53. The highest BCUT2D eigenvalue weighted by Gasteiger charge is 2.21. The zero-order valence-corrected chi connectivity index (χ0v) is 15.7. The maximum atomic E-state index is 5.41. The number of aromatic amines is 1. The predicted molar refractivity (Wildman–Crippen MR) is 102 cm³/mol. The normalized spacial score (nSPS) is 16.8. The molecule has 0 amide bonds. The van der Waals surface area contributed by atoms with Crippen LogP contribution < -0.4 is 5.32 Å². The van der Waals surface area contributed by atoms with Crippen LogP contribution in [0.5, 0.6) is 0 Å². The van der Waals surface area contributed by atoms with Gasteiger partial charge in [0.2, 0.25) is 5.82 Å². The Morgan fingerprint density at radius 1 is 1.23 bits per heavy atom. The molecule has 7 nitrogen and oxygen atoms in total. The summed E-state index contributed by atoms with van der Waals surface area (Å²) < 4.78 is 5.41. The Labute approximate surface area is 158 Å². The molecule has 3 aromatic rings. The van der Waals surface area contributed by atoms with Crippen LogP contribution >= 0.6 is 12.4 Å². The van der Waals surface area contributed by atoms with Gasteiger partial charge in [0, 0.05) is 30.3 Å². The zero-order valence-electron chi connectivity index (χ0n) is 14.9. The molecule has 0 aliphatic carbocycles. The molecule has 1 aromatic carbocycles. The molecule has 2 N–H and O–H groups in total. The molecule has 1 atom stereocenters. The average molecular weight is 375 g/mol. The minimum Gasteiger partial charge on any atom is -0.332 e. The third-order valence-electron chi connectivity index (χ3n) is 4.45. The van der Waals surface area contributed by atoms with Gasteiger partial charge in [-0.2, -0.15) is 10.1 Å². The SMILES string of the molecule is CN(C)Cc1ccc(-c2noc(-c3cc(C4CCNC4)[nH]n3)n2)cc1.Cl. The highest BCUT2D eigenvalue weighted by molar-refractivity contribution is 5.85. The lowest BCUT2D eigenvalue weighted by molar-refractivity contribution is 0.402. The minimum atomic E-state index is 0. The standard InChI is InChI=1S/C18H22N6O.ClH/c1-24(2)11-12-3-5-13(6-4-12)17-20-18(25-23-17)16-9-15(21-22-16)14-7-8-19-10-14;/h3-6,9,14,19H,7-8,10-11H2,1-2H3,(H,21,22);1H. The van der Waals surface area contributed by atoms with E-state index in [9.17, 15) is 0 Å². The Morgan fingerprint density at radius 3 is 2.73 bits per heavy atom. The van der Waals surface area contributed by atoms with Gasteiger partial charge >= 0.3 is 0 Å². The van der Waals surface area contributed by atoms with Crippen molar-refractivity contribution in [2.75, 3.05) is 27.2 Å². The molecule has 1 fully saturated rings. The maximum absolute atomic E-state index is 5.41. The molecular weight excluding hydrogens is 352 g/mol. The second-order valence-electron chi connectivity index (χ2n) is 6.76. The molecule has 0 saturated carbocycles. The van der Waals surface area contributed by atoms with E-state index >= 15 is 0 Å². The quantitative estimate of drug-likeness (QED) is 0.714. The lowest BCUT2D eigenvalue weighted by Gasteiger charge is -2.09. The third kappa shape index (κ3) is 3.95. The number of hydrogen-bond acceptors (Lipinski definition) is 6. The summed E-state index contributed by atoms with van der Waals surface area (Å²) in [6, 6.07) is 10.2. The Balaban J connectivity index is 0.00000196. The first-order valence-corrected chi connectivity index (χ1v) is 8.53. The smallest absolute Gasteiger partial charge is 0.278 e. The van der Waals surface area contributed by atoms with E-state index in [1.807, 2.05) is 18.2 Å². The van der Waals surface area contributed by atoms with Crippen LogP contribution in [0.15, 0.2) is 34.9 Å². The molecule has 26 heavy (non-hydrogen) atoms. The molecule has 138 valence electrons. The number of aromatic nitrogens is 4. The van der Waals surface area contributed by atoms with Gasteiger partial charge in [-0.25, -0.2) is 0 Å². The molecule has 8 heteroatoms. The molecular formula is C18H23ClN6O.